The Bertz CT molecular complexity index is 756. The Morgan fingerprint density at radius 2 is 1.91 bits per heavy atom. The molecule has 0 spiro atoms. The van der Waals surface area contributed by atoms with Gasteiger partial charge in [-0.15, -0.1) is 0 Å². The van der Waals surface area contributed by atoms with Crippen LogP contribution < -0.4 is 10.1 Å². The lowest BCUT2D eigenvalue weighted by Gasteiger charge is -2.21. The quantitative estimate of drug-likeness (QED) is 0.818. The Kier molecular flexibility index (Phi) is 4.57. The number of esters is 1. The summed E-state index contributed by atoms with van der Waals surface area (Å²) in [6.07, 6.45) is 0. The van der Waals surface area contributed by atoms with E-state index in [0.29, 0.717) is 11.5 Å². The maximum atomic E-state index is 12.0. The summed E-state index contributed by atoms with van der Waals surface area (Å²) in [5, 5.41) is 3.24. The van der Waals surface area contributed by atoms with E-state index < -0.39 is 0 Å². The van der Waals surface area contributed by atoms with Crippen molar-refractivity contribution >= 4 is 23.4 Å². The van der Waals surface area contributed by atoms with Crippen LogP contribution in [0.2, 0.25) is 0 Å². The third-order valence-electron chi connectivity index (χ3n) is 3.27. The van der Waals surface area contributed by atoms with E-state index >= 15 is 0 Å². The van der Waals surface area contributed by atoms with Gasteiger partial charge in [0.2, 0.25) is 0 Å². The molecule has 5 heteroatoms. The van der Waals surface area contributed by atoms with Gasteiger partial charge in [-0.1, -0.05) is 30.0 Å². The van der Waals surface area contributed by atoms with Crippen molar-refractivity contribution in [2.75, 3.05) is 11.9 Å². The Morgan fingerprint density at radius 3 is 2.65 bits per heavy atom. The van der Waals surface area contributed by atoms with Gasteiger partial charge in [-0.05, 0) is 44.2 Å². The van der Waals surface area contributed by atoms with Crippen LogP contribution in [0.25, 0.3) is 0 Å². The number of hydrogen-bond acceptors (Lipinski definition) is 5. The number of carbonyl (C=O) groups excluding carboxylic acids is 1. The Labute approximate surface area is 139 Å². The second-order valence-corrected chi connectivity index (χ2v) is 6.03. The van der Waals surface area contributed by atoms with Crippen molar-refractivity contribution in [3.05, 3.63) is 59.1 Å². The van der Waals surface area contributed by atoms with Crippen LogP contribution in [-0.4, -0.2) is 12.6 Å². The maximum absolute atomic E-state index is 12.0. The topological polar surface area (TPSA) is 47.6 Å². The summed E-state index contributed by atoms with van der Waals surface area (Å²) in [6.45, 7) is 4.03. The molecule has 1 aliphatic rings. The Morgan fingerprint density at radius 1 is 1.13 bits per heavy atom. The zero-order chi connectivity index (χ0) is 16.2. The average molecular weight is 327 g/mol. The fourth-order valence-corrected chi connectivity index (χ4v) is 3.19. The van der Waals surface area contributed by atoms with E-state index in [-0.39, 0.29) is 5.97 Å². The largest absolute Gasteiger partial charge is 0.462 e. The third kappa shape index (κ3) is 3.51. The van der Waals surface area contributed by atoms with Gasteiger partial charge in [-0.25, -0.2) is 4.79 Å². The van der Waals surface area contributed by atoms with Gasteiger partial charge in [-0.2, -0.15) is 0 Å². The molecule has 118 valence electrons. The lowest BCUT2D eigenvalue weighted by molar-refractivity contribution is -0.137. The number of benzene rings is 2. The molecule has 4 nitrogen and oxygen atoms in total. The van der Waals surface area contributed by atoms with E-state index in [1.807, 2.05) is 55.5 Å². The predicted octanol–water partition coefficient (Wildman–Crippen LogP) is 4.79. The lowest BCUT2D eigenvalue weighted by Crippen LogP contribution is -2.14. The predicted molar refractivity (Wildman–Crippen MR) is 91.8 cm³/mol. The third-order valence-corrected chi connectivity index (χ3v) is 4.50. The fourth-order valence-electron chi connectivity index (χ4n) is 2.22. The van der Waals surface area contributed by atoms with Gasteiger partial charge in [0.25, 0.3) is 0 Å². The summed E-state index contributed by atoms with van der Waals surface area (Å²) in [5.74, 6) is 1.20. The first-order valence-corrected chi connectivity index (χ1v) is 8.19. The molecule has 1 aliphatic heterocycles. The van der Waals surface area contributed by atoms with Crippen LogP contribution in [0.1, 0.15) is 13.8 Å². The Hall–Kier alpha value is -2.40. The average Bonchev–Trinajstić information content (AvgIpc) is 2.55. The van der Waals surface area contributed by atoms with Crippen molar-refractivity contribution in [2.45, 2.75) is 18.7 Å². The van der Waals surface area contributed by atoms with Crippen LogP contribution in [0.15, 0.2) is 64.0 Å². The van der Waals surface area contributed by atoms with Gasteiger partial charge >= 0.3 is 5.97 Å². The van der Waals surface area contributed by atoms with Crippen molar-refractivity contribution < 1.29 is 14.3 Å². The van der Waals surface area contributed by atoms with E-state index in [9.17, 15) is 4.79 Å². The number of allylic oxidation sites excluding steroid dienone is 1. The summed E-state index contributed by atoms with van der Waals surface area (Å²) in [4.78, 5) is 13.5. The molecule has 0 saturated carbocycles. The molecule has 0 amide bonds. The number of rotatable bonds is 4. The summed E-state index contributed by atoms with van der Waals surface area (Å²) >= 11 is 1.40. The highest BCUT2D eigenvalue weighted by atomic mass is 32.2. The first-order chi connectivity index (χ1) is 11.2. The molecule has 0 unspecified atom stereocenters. The SMILES string of the molecule is CCOC(=O)C1=C(C)Nc2ccc(Oc3ccccc3)cc2S1. The number of hydrogen-bond donors (Lipinski definition) is 1. The van der Waals surface area contributed by atoms with Gasteiger partial charge in [-0.3, -0.25) is 0 Å². The first-order valence-electron chi connectivity index (χ1n) is 7.37. The van der Waals surface area contributed by atoms with Gasteiger partial charge in [0.05, 0.1) is 12.3 Å². The van der Waals surface area contributed by atoms with Gasteiger partial charge in [0, 0.05) is 10.6 Å². The molecule has 0 atom stereocenters. The van der Waals surface area contributed by atoms with Crippen LogP contribution in [0.3, 0.4) is 0 Å². The van der Waals surface area contributed by atoms with Crippen molar-refractivity contribution in [2.24, 2.45) is 0 Å². The zero-order valence-corrected chi connectivity index (χ0v) is 13.8. The van der Waals surface area contributed by atoms with Gasteiger partial charge in [0.1, 0.15) is 16.4 Å². The summed E-state index contributed by atoms with van der Waals surface area (Å²) in [6, 6.07) is 15.4. The molecule has 0 fully saturated rings. The Balaban J connectivity index is 1.83. The molecule has 1 heterocycles. The molecular formula is C18H17NO3S. The minimum Gasteiger partial charge on any atom is -0.462 e. The second-order valence-electron chi connectivity index (χ2n) is 4.97. The number of carbonyl (C=O) groups is 1. The molecule has 23 heavy (non-hydrogen) atoms. The molecule has 0 saturated heterocycles. The summed E-state index contributed by atoms with van der Waals surface area (Å²) < 4.78 is 10.9. The van der Waals surface area contributed by atoms with Crippen LogP contribution in [-0.2, 0) is 9.53 Å². The molecular weight excluding hydrogens is 310 g/mol. The molecule has 0 radical (unpaired) electrons. The van der Waals surface area contributed by atoms with E-state index in [1.165, 1.54) is 11.8 Å². The molecule has 0 aromatic heterocycles. The van der Waals surface area contributed by atoms with Crippen molar-refractivity contribution in [3.8, 4) is 11.5 Å². The molecule has 0 aliphatic carbocycles. The number of nitrogens with one attached hydrogen (secondary N) is 1. The van der Waals surface area contributed by atoms with Crippen LogP contribution in [0.5, 0.6) is 11.5 Å². The highest BCUT2D eigenvalue weighted by molar-refractivity contribution is 8.04. The number of ether oxygens (including phenoxy) is 2. The lowest BCUT2D eigenvalue weighted by atomic mass is 10.2. The number of para-hydroxylation sites is 1. The molecule has 1 N–H and O–H groups in total. The number of thioether (sulfide) groups is 1. The summed E-state index contributed by atoms with van der Waals surface area (Å²) in [7, 11) is 0. The molecule has 2 aromatic carbocycles. The van der Waals surface area contributed by atoms with Gasteiger partial charge < -0.3 is 14.8 Å². The monoisotopic (exact) mass is 327 g/mol. The normalized spacial score (nSPS) is 13.1. The molecule has 2 aromatic rings. The minimum absolute atomic E-state index is 0.303. The minimum atomic E-state index is -0.303. The van der Waals surface area contributed by atoms with Crippen LogP contribution >= 0.6 is 11.8 Å². The molecule has 0 bridgehead atoms. The second kappa shape index (κ2) is 6.79. The highest BCUT2D eigenvalue weighted by Gasteiger charge is 2.23. The van der Waals surface area contributed by atoms with Gasteiger partial charge in [0.15, 0.2) is 0 Å². The fraction of sp³-hybridized carbons (Fsp3) is 0.167. The van der Waals surface area contributed by atoms with Crippen molar-refractivity contribution in [3.63, 3.8) is 0 Å². The first kappa shape index (κ1) is 15.5. The van der Waals surface area contributed by atoms with Crippen molar-refractivity contribution in [1.82, 2.24) is 0 Å². The van der Waals surface area contributed by atoms with E-state index in [2.05, 4.69) is 5.32 Å². The van der Waals surface area contributed by atoms with E-state index in [0.717, 1.165) is 27.8 Å². The van der Waals surface area contributed by atoms with Crippen LogP contribution in [0.4, 0.5) is 5.69 Å². The zero-order valence-electron chi connectivity index (χ0n) is 13.0. The molecule has 3 rings (SSSR count). The number of fused-ring (bicyclic) bond motifs is 1. The van der Waals surface area contributed by atoms with E-state index in [4.69, 9.17) is 9.47 Å². The smallest absolute Gasteiger partial charge is 0.346 e. The maximum Gasteiger partial charge on any atom is 0.346 e. The summed E-state index contributed by atoms with van der Waals surface area (Å²) in [5.41, 5.74) is 1.76. The van der Waals surface area contributed by atoms with Crippen molar-refractivity contribution in [1.29, 1.82) is 0 Å². The van der Waals surface area contributed by atoms with Crippen LogP contribution in [0, 0.1) is 0 Å². The standard InChI is InChI=1S/C18H17NO3S/c1-3-21-18(20)17-12(2)19-15-10-9-14(11-16(15)23-17)22-13-7-5-4-6-8-13/h4-11,19H,3H2,1-2H3. The highest BCUT2D eigenvalue weighted by Crippen LogP contribution is 2.42. The van der Waals surface area contributed by atoms with E-state index in [1.54, 1.807) is 6.92 Å². The number of anilines is 1.